The fourth-order valence-electron chi connectivity index (χ4n) is 2.37. The number of nitrogens with one attached hydrogen (secondary N) is 3. The maximum Gasteiger partial charge on any atom is 0.276 e. The van der Waals surface area contributed by atoms with E-state index in [1.165, 1.54) is 12.8 Å². The zero-order chi connectivity index (χ0) is 15.9. The molecule has 0 atom stereocenters. The maximum atomic E-state index is 11.7. The molecule has 5 nitrogen and oxygen atoms in total. The minimum atomic E-state index is -0.301. The lowest BCUT2D eigenvalue weighted by molar-refractivity contribution is -0.123. The van der Waals surface area contributed by atoms with Gasteiger partial charge in [-0.1, -0.05) is 24.4 Å². The number of ether oxygens (including phenoxy) is 1. The second kappa shape index (κ2) is 8.19. The summed E-state index contributed by atoms with van der Waals surface area (Å²) in [6.07, 6.45) is 4.69. The van der Waals surface area contributed by atoms with Crippen LogP contribution in [0.25, 0.3) is 0 Å². The number of hydrogen-bond donors (Lipinski definition) is 3. The first-order valence-electron chi connectivity index (χ1n) is 7.29. The number of hydrogen-bond acceptors (Lipinski definition) is 3. The van der Waals surface area contributed by atoms with Gasteiger partial charge in [0.2, 0.25) is 0 Å². The highest BCUT2D eigenvalue weighted by molar-refractivity contribution is 7.80. The van der Waals surface area contributed by atoms with Crippen LogP contribution in [0.3, 0.4) is 0 Å². The van der Waals surface area contributed by atoms with E-state index in [0.717, 1.165) is 18.4 Å². The van der Waals surface area contributed by atoms with E-state index in [4.69, 9.17) is 28.6 Å². The average Bonchev–Trinajstić information content (AvgIpc) is 2.97. The topological polar surface area (TPSA) is 62.4 Å². The van der Waals surface area contributed by atoms with Gasteiger partial charge in [0, 0.05) is 11.1 Å². The predicted octanol–water partition coefficient (Wildman–Crippen LogP) is 2.47. The molecule has 1 aromatic carbocycles. The molecule has 0 saturated heterocycles. The minimum absolute atomic E-state index is 0.0957. The summed E-state index contributed by atoms with van der Waals surface area (Å²) in [7, 11) is 0. The van der Waals surface area contributed by atoms with Crippen molar-refractivity contribution >= 4 is 34.8 Å². The Labute approximate surface area is 140 Å². The van der Waals surface area contributed by atoms with Gasteiger partial charge in [-0.05, 0) is 55.7 Å². The molecular formula is C15H20ClN3O2S. The Morgan fingerprint density at radius 2 is 2.09 bits per heavy atom. The highest BCUT2D eigenvalue weighted by Crippen LogP contribution is 2.21. The Morgan fingerprint density at radius 3 is 2.77 bits per heavy atom. The highest BCUT2D eigenvalue weighted by atomic mass is 35.5. The third-order valence-corrected chi connectivity index (χ3v) is 3.96. The number of carbonyl (C=O) groups excluding carboxylic acids is 1. The number of rotatable bonds is 4. The Hall–Kier alpha value is -1.53. The number of halogens is 1. The van der Waals surface area contributed by atoms with Gasteiger partial charge in [-0.3, -0.25) is 15.6 Å². The Bertz CT molecular complexity index is 548. The van der Waals surface area contributed by atoms with Gasteiger partial charge in [-0.15, -0.1) is 0 Å². The number of carbonyl (C=O) groups is 1. The van der Waals surface area contributed by atoms with Crippen LogP contribution < -0.4 is 20.9 Å². The van der Waals surface area contributed by atoms with Crippen molar-refractivity contribution in [2.24, 2.45) is 0 Å². The van der Waals surface area contributed by atoms with Crippen LogP contribution in [-0.4, -0.2) is 23.7 Å². The molecular weight excluding hydrogens is 322 g/mol. The van der Waals surface area contributed by atoms with E-state index < -0.39 is 0 Å². The fourth-order valence-corrected chi connectivity index (χ4v) is 2.82. The van der Waals surface area contributed by atoms with Crippen molar-refractivity contribution in [3.63, 3.8) is 0 Å². The lowest BCUT2D eigenvalue weighted by Crippen LogP contribution is -2.50. The largest absolute Gasteiger partial charge is 0.483 e. The van der Waals surface area contributed by atoms with Crippen LogP contribution >= 0.6 is 23.8 Å². The molecule has 7 heteroatoms. The molecule has 1 saturated carbocycles. The summed E-state index contributed by atoms with van der Waals surface area (Å²) in [4.78, 5) is 11.7. The zero-order valence-corrected chi connectivity index (χ0v) is 14.0. The average molecular weight is 342 g/mol. The molecule has 0 spiro atoms. The van der Waals surface area contributed by atoms with Crippen molar-refractivity contribution in [3.05, 3.63) is 28.8 Å². The van der Waals surface area contributed by atoms with Crippen molar-refractivity contribution in [2.75, 3.05) is 6.61 Å². The number of amides is 1. The molecule has 0 unspecified atom stereocenters. The summed E-state index contributed by atoms with van der Waals surface area (Å²) in [5.41, 5.74) is 6.08. The Kier molecular flexibility index (Phi) is 6.27. The molecule has 1 amide bonds. The fraction of sp³-hybridized carbons (Fsp3) is 0.467. The van der Waals surface area contributed by atoms with Crippen LogP contribution in [0.1, 0.15) is 31.2 Å². The first kappa shape index (κ1) is 16.8. The summed E-state index contributed by atoms with van der Waals surface area (Å²) in [6.45, 7) is 1.78. The lowest BCUT2D eigenvalue weighted by Gasteiger charge is -2.16. The SMILES string of the molecule is Cc1cc(Cl)ccc1OCC(=O)NNC(=S)NC1CCCC1. The summed E-state index contributed by atoms with van der Waals surface area (Å²) >= 11 is 11.0. The van der Waals surface area contributed by atoms with Gasteiger partial charge < -0.3 is 10.1 Å². The molecule has 1 aliphatic carbocycles. The smallest absolute Gasteiger partial charge is 0.276 e. The molecule has 120 valence electrons. The lowest BCUT2D eigenvalue weighted by atomic mass is 10.2. The number of thiocarbonyl (C=S) groups is 1. The molecule has 1 aliphatic rings. The van der Waals surface area contributed by atoms with Crippen LogP contribution in [0.5, 0.6) is 5.75 Å². The summed E-state index contributed by atoms with van der Waals surface area (Å²) in [5, 5.41) is 4.24. The summed E-state index contributed by atoms with van der Waals surface area (Å²) in [5.74, 6) is 0.330. The molecule has 0 aliphatic heterocycles. The Morgan fingerprint density at radius 1 is 1.36 bits per heavy atom. The van der Waals surface area contributed by atoms with E-state index in [9.17, 15) is 4.79 Å². The van der Waals surface area contributed by atoms with Crippen molar-refractivity contribution in [3.8, 4) is 5.75 Å². The van der Waals surface area contributed by atoms with Crippen LogP contribution in [0.2, 0.25) is 5.02 Å². The molecule has 1 fully saturated rings. The van der Waals surface area contributed by atoms with E-state index in [1.54, 1.807) is 18.2 Å². The highest BCUT2D eigenvalue weighted by Gasteiger charge is 2.15. The van der Waals surface area contributed by atoms with E-state index in [2.05, 4.69) is 16.2 Å². The summed E-state index contributed by atoms with van der Waals surface area (Å²) in [6, 6.07) is 5.66. The van der Waals surface area contributed by atoms with Crippen LogP contribution in [0.15, 0.2) is 18.2 Å². The third-order valence-electron chi connectivity index (χ3n) is 3.50. The first-order valence-corrected chi connectivity index (χ1v) is 8.07. The van der Waals surface area contributed by atoms with Gasteiger partial charge in [0.25, 0.3) is 5.91 Å². The van der Waals surface area contributed by atoms with Crippen LogP contribution in [0, 0.1) is 6.92 Å². The Balaban J connectivity index is 1.68. The van der Waals surface area contributed by atoms with Gasteiger partial charge in [-0.25, -0.2) is 0 Å². The first-order chi connectivity index (χ1) is 10.5. The van der Waals surface area contributed by atoms with Crippen molar-refractivity contribution < 1.29 is 9.53 Å². The van der Waals surface area contributed by atoms with Crippen LogP contribution in [-0.2, 0) is 4.79 Å². The van der Waals surface area contributed by atoms with Crippen molar-refractivity contribution in [2.45, 2.75) is 38.6 Å². The number of hydrazine groups is 1. The van der Waals surface area contributed by atoms with Gasteiger partial charge in [0.1, 0.15) is 5.75 Å². The molecule has 0 radical (unpaired) electrons. The molecule has 1 aromatic rings. The monoisotopic (exact) mass is 341 g/mol. The van der Waals surface area contributed by atoms with Gasteiger partial charge in [0.15, 0.2) is 11.7 Å². The van der Waals surface area contributed by atoms with Crippen LogP contribution in [0.4, 0.5) is 0 Å². The molecule has 3 N–H and O–H groups in total. The summed E-state index contributed by atoms with van der Waals surface area (Å²) < 4.78 is 5.44. The van der Waals surface area contributed by atoms with Crippen molar-refractivity contribution in [1.29, 1.82) is 0 Å². The van der Waals surface area contributed by atoms with E-state index >= 15 is 0 Å². The molecule has 0 aromatic heterocycles. The molecule has 22 heavy (non-hydrogen) atoms. The normalized spacial score (nSPS) is 14.5. The molecule has 2 rings (SSSR count). The van der Waals surface area contributed by atoms with Gasteiger partial charge in [0.05, 0.1) is 0 Å². The molecule has 0 bridgehead atoms. The van der Waals surface area contributed by atoms with E-state index in [0.29, 0.717) is 21.9 Å². The molecule has 0 heterocycles. The van der Waals surface area contributed by atoms with Crippen molar-refractivity contribution in [1.82, 2.24) is 16.2 Å². The second-order valence-corrected chi connectivity index (χ2v) is 6.17. The van der Waals surface area contributed by atoms with Gasteiger partial charge in [-0.2, -0.15) is 0 Å². The minimum Gasteiger partial charge on any atom is -0.483 e. The van der Waals surface area contributed by atoms with E-state index in [1.807, 2.05) is 6.92 Å². The second-order valence-electron chi connectivity index (χ2n) is 5.33. The predicted molar refractivity (Wildman–Crippen MR) is 91.0 cm³/mol. The number of aryl methyl sites for hydroxylation is 1. The zero-order valence-electron chi connectivity index (χ0n) is 12.4. The number of benzene rings is 1. The quantitative estimate of drug-likeness (QED) is 0.580. The maximum absolute atomic E-state index is 11.7. The standard InChI is InChI=1S/C15H20ClN3O2S/c1-10-8-11(16)6-7-13(10)21-9-14(20)18-19-15(22)17-12-4-2-3-5-12/h6-8,12H,2-5,9H2,1H3,(H,18,20)(H2,17,19,22). The third kappa shape index (κ3) is 5.35. The van der Waals surface area contributed by atoms with Gasteiger partial charge >= 0.3 is 0 Å². The van der Waals surface area contributed by atoms with E-state index in [-0.39, 0.29) is 12.5 Å².